The molecule has 0 fully saturated rings. The van der Waals surface area contributed by atoms with E-state index in [4.69, 9.17) is 4.74 Å². The summed E-state index contributed by atoms with van der Waals surface area (Å²) in [6.45, 7) is 3.94. The van der Waals surface area contributed by atoms with E-state index >= 15 is 0 Å². The van der Waals surface area contributed by atoms with E-state index in [-0.39, 0.29) is 12.0 Å². The van der Waals surface area contributed by atoms with Gasteiger partial charge in [-0.3, -0.25) is 4.79 Å². The van der Waals surface area contributed by atoms with Crippen molar-refractivity contribution >= 4 is 16.8 Å². The molecule has 0 aliphatic heterocycles. The number of fused-ring (bicyclic) bond motifs is 1. The van der Waals surface area contributed by atoms with Crippen LogP contribution in [0.3, 0.4) is 0 Å². The highest BCUT2D eigenvalue weighted by Crippen LogP contribution is 2.28. The molecule has 1 aromatic heterocycles. The van der Waals surface area contributed by atoms with Crippen molar-refractivity contribution in [3.8, 4) is 17.0 Å². The van der Waals surface area contributed by atoms with Gasteiger partial charge in [0.25, 0.3) is 5.91 Å². The molecule has 3 aromatic rings. The number of benzene rings is 2. The largest absolute Gasteiger partial charge is 0.474 e. The fourth-order valence-corrected chi connectivity index (χ4v) is 2.49. The molecule has 1 heterocycles. The first kappa shape index (κ1) is 15.9. The van der Waals surface area contributed by atoms with Crippen LogP contribution in [0.4, 0.5) is 0 Å². The van der Waals surface area contributed by atoms with Gasteiger partial charge < -0.3 is 10.1 Å². The van der Waals surface area contributed by atoms with Gasteiger partial charge in [0.15, 0.2) is 0 Å². The summed E-state index contributed by atoms with van der Waals surface area (Å²) in [5, 5.41) is 3.49. The molecule has 0 atom stereocenters. The first-order chi connectivity index (χ1) is 11.6. The van der Waals surface area contributed by atoms with Crippen molar-refractivity contribution < 1.29 is 9.53 Å². The minimum Gasteiger partial charge on any atom is -0.474 e. The van der Waals surface area contributed by atoms with Crippen molar-refractivity contribution in [2.45, 2.75) is 20.0 Å². The van der Waals surface area contributed by atoms with Gasteiger partial charge in [-0.15, -0.1) is 0 Å². The summed E-state index contributed by atoms with van der Waals surface area (Å²) in [5.41, 5.74) is 3.51. The number of rotatable bonds is 4. The Hall–Kier alpha value is -2.95. The maximum absolute atomic E-state index is 11.6. The van der Waals surface area contributed by atoms with E-state index in [0.717, 1.165) is 22.0 Å². The van der Waals surface area contributed by atoms with Gasteiger partial charge in [-0.2, -0.15) is 0 Å². The number of hydrogen-bond donors (Lipinski definition) is 1. The van der Waals surface area contributed by atoms with Crippen LogP contribution in [0.1, 0.15) is 24.2 Å². The second kappa shape index (κ2) is 6.66. The van der Waals surface area contributed by atoms with Gasteiger partial charge in [0.05, 0.1) is 17.0 Å². The summed E-state index contributed by atoms with van der Waals surface area (Å²) < 4.78 is 5.78. The van der Waals surface area contributed by atoms with Crippen LogP contribution in [0, 0.1) is 0 Å². The number of ether oxygens (including phenoxy) is 1. The maximum Gasteiger partial charge on any atom is 0.251 e. The smallest absolute Gasteiger partial charge is 0.251 e. The number of nitrogens with one attached hydrogen (secondary N) is 1. The van der Waals surface area contributed by atoms with Crippen molar-refractivity contribution in [1.29, 1.82) is 0 Å². The van der Waals surface area contributed by atoms with Crippen LogP contribution in [-0.4, -0.2) is 29.0 Å². The van der Waals surface area contributed by atoms with Crippen LogP contribution >= 0.6 is 0 Å². The van der Waals surface area contributed by atoms with Gasteiger partial charge in [0, 0.05) is 12.6 Å². The summed E-state index contributed by atoms with van der Waals surface area (Å²) in [6, 6.07) is 13.4. The first-order valence-corrected chi connectivity index (χ1v) is 7.82. The molecule has 1 amide bonds. The van der Waals surface area contributed by atoms with E-state index in [0.29, 0.717) is 11.4 Å². The molecule has 3 rings (SSSR count). The molecule has 5 nitrogen and oxygen atoms in total. The maximum atomic E-state index is 11.6. The molecule has 2 aromatic carbocycles. The molecule has 0 aliphatic rings. The Morgan fingerprint density at radius 3 is 2.42 bits per heavy atom. The van der Waals surface area contributed by atoms with E-state index < -0.39 is 0 Å². The van der Waals surface area contributed by atoms with Crippen molar-refractivity contribution in [3.63, 3.8) is 0 Å². The monoisotopic (exact) mass is 321 g/mol. The number of nitrogens with zero attached hydrogens (tertiary/aromatic N) is 2. The second-order valence-corrected chi connectivity index (χ2v) is 5.73. The molecule has 0 bridgehead atoms. The standard InChI is InChI=1S/C19H19N3O2/c1-12(2)24-19-16-10-15(8-9-17(16)21-11-22-19)13-4-6-14(7-5-13)18(23)20-3/h4-12H,1-3H3,(H,20,23). The Balaban J connectivity index is 2.02. The predicted molar refractivity (Wildman–Crippen MR) is 94.1 cm³/mol. The van der Waals surface area contributed by atoms with E-state index in [1.165, 1.54) is 6.33 Å². The fraction of sp³-hybridized carbons (Fsp3) is 0.211. The highest BCUT2D eigenvalue weighted by molar-refractivity contribution is 5.94. The summed E-state index contributed by atoms with van der Waals surface area (Å²) in [6.07, 6.45) is 1.55. The molecule has 5 heteroatoms. The van der Waals surface area contributed by atoms with Gasteiger partial charge in [-0.05, 0) is 49.2 Å². The van der Waals surface area contributed by atoms with Crippen LogP contribution in [-0.2, 0) is 0 Å². The van der Waals surface area contributed by atoms with Crippen molar-refractivity contribution in [1.82, 2.24) is 15.3 Å². The molecule has 0 saturated heterocycles. The van der Waals surface area contributed by atoms with E-state index in [1.807, 2.05) is 56.3 Å². The summed E-state index contributed by atoms with van der Waals surface area (Å²) >= 11 is 0. The van der Waals surface area contributed by atoms with Crippen molar-refractivity contribution in [2.75, 3.05) is 7.05 Å². The highest BCUT2D eigenvalue weighted by atomic mass is 16.5. The second-order valence-electron chi connectivity index (χ2n) is 5.73. The Labute approximate surface area is 140 Å². The Morgan fingerprint density at radius 2 is 1.75 bits per heavy atom. The highest BCUT2D eigenvalue weighted by Gasteiger charge is 2.09. The molecule has 1 N–H and O–H groups in total. The molecule has 24 heavy (non-hydrogen) atoms. The molecule has 0 saturated carbocycles. The third-order valence-corrected chi connectivity index (χ3v) is 3.65. The number of carbonyl (C=O) groups excluding carboxylic acids is 1. The van der Waals surface area contributed by atoms with Gasteiger partial charge in [0.1, 0.15) is 6.33 Å². The molecular weight excluding hydrogens is 302 g/mol. The normalized spacial score (nSPS) is 10.8. The number of carbonyl (C=O) groups is 1. The van der Waals surface area contributed by atoms with E-state index in [1.54, 1.807) is 7.05 Å². The average Bonchev–Trinajstić information content (AvgIpc) is 2.61. The third kappa shape index (κ3) is 3.20. The van der Waals surface area contributed by atoms with Crippen LogP contribution in [0.15, 0.2) is 48.8 Å². The van der Waals surface area contributed by atoms with Crippen LogP contribution in [0.5, 0.6) is 5.88 Å². The van der Waals surface area contributed by atoms with Crippen LogP contribution in [0.2, 0.25) is 0 Å². The number of amides is 1. The Bertz CT molecular complexity index is 873. The lowest BCUT2D eigenvalue weighted by Gasteiger charge is -2.11. The molecule has 0 unspecified atom stereocenters. The summed E-state index contributed by atoms with van der Waals surface area (Å²) in [7, 11) is 1.62. The SMILES string of the molecule is CNC(=O)c1ccc(-c2ccc3ncnc(OC(C)C)c3c2)cc1. The van der Waals surface area contributed by atoms with Crippen LogP contribution < -0.4 is 10.1 Å². The van der Waals surface area contributed by atoms with E-state index in [2.05, 4.69) is 15.3 Å². The fourth-order valence-electron chi connectivity index (χ4n) is 2.49. The molecule has 0 spiro atoms. The van der Waals surface area contributed by atoms with Gasteiger partial charge in [-0.25, -0.2) is 9.97 Å². The lowest BCUT2D eigenvalue weighted by atomic mass is 10.0. The van der Waals surface area contributed by atoms with Gasteiger partial charge in [-0.1, -0.05) is 18.2 Å². The molecule has 0 aliphatic carbocycles. The Morgan fingerprint density at radius 1 is 1.04 bits per heavy atom. The zero-order chi connectivity index (χ0) is 17.1. The summed E-state index contributed by atoms with van der Waals surface area (Å²) in [4.78, 5) is 20.2. The number of hydrogen-bond acceptors (Lipinski definition) is 4. The zero-order valence-corrected chi connectivity index (χ0v) is 13.9. The molecular formula is C19H19N3O2. The molecule has 122 valence electrons. The predicted octanol–water partition coefficient (Wildman–Crippen LogP) is 3.44. The molecule has 0 radical (unpaired) electrons. The quantitative estimate of drug-likeness (QED) is 0.799. The lowest BCUT2D eigenvalue weighted by molar-refractivity contribution is 0.0963. The number of aromatic nitrogens is 2. The average molecular weight is 321 g/mol. The minimum atomic E-state index is -0.0962. The summed E-state index contributed by atoms with van der Waals surface area (Å²) in [5.74, 6) is 0.486. The lowest BCUT2D eigenvalue weighted by Crippen LogP contribution is -2.17. The first-order valence-electron chi connectivity index (χ1n) is 7.82. The van der Waals surface area contributed by atoms with Gasteiger partial charge in [0.2, 0.25) is 5.88 Å². The third-order valence-electron chi connectivity index (χ3n) is 3.65. The van der Waals surface area contributed by atoms with Crippen LogP contribution in [0.25, 0.3) is 22.0 Å². The topological polar surface area (TPSA) is 64.1 Å². The van der Waals surface area contributed by atoms with Crippen molar-refractivity contribution in [2.24, 2.45) is 0 Å². The Kier molecular flexibility index (Phi) is 4.42. The van der Waals surface area contributed by atoms with Crippen molar-refractivity contribution in [3.05, 3.63) is 54.4 Å². The van der Waals surface area contributed by atoms with E-state index in [9.17, 15) is 4.79 Å². The minimum absolute atomic E-state index is 0.0404. The van der Waals surface area contributed by atoms with Gasteiger partial charge >= 0.3 is 0 Å². The zero-order valence-electron chi connectivity index (χ0n) is 13.9.